The lowest BCUT2D eigenvalue weighted by atomic mass is 10.0. The number of hydrogen-bond donors (Lipinski definition) is 3. The summed E-state index contributed by atoms with van der Waals surface area (Å²) in [5, 5.41) is 13.9. The van der Waals surface area contributed by atoms with Crippen LogP contribution in [0.15, 0.2) is 24.3 Å². The van der Waals surface area contributed by atoms with Crippen molar-refractivity contribution < 1.29 is 32.9 Å². The average Bonchev–Trinajstić information content (AvgIpc) is 3.15. The van der Waals surface area contributed by atoms with Crippen molar-refractivity contribution >= 4 is 13.7 Å². The standard InChI is InChI=1S/C47H93N2O6P/c1-6-8-10-12-14-16-18-19-20-21-22-23-24-25-26-27-28-29-31-33-35-37-39-41-47(51)48-45(44-55-56(52,53)54-43-42-49(3,4)5)46(50)40-38-36-34-32-30-17-15-13-11-9-7-2/h22-23,25-26,45-46,50H,6-21,24,27-44H2,1-5H3,(H-,48,51,52,53)/p+1/b23-22-,26-25-. The van der Waals surface area contributed by atoms with Gasteiger partial charge in [0.15, 0.2) is 0 Å². The van der Waals surface area contributed by atoms with Gasteiger partial charge < -0.3 is 19.8 Å². The molecule has 0 aromatic carbocycles. The molecular formula is C47H94N2O6P+. The van der Waals surface area contributed by atoms with Crippen LogP contribution in [0.3, 0.4) is 0 Å². The van der Waals surface area contributed by atoms with Crippen LogP contribution in [0.5, 0.6) is 0 Å². The molecule has 3 atom stereocenters. The average molecular weight is 814 g/mol. The maximum absolute atomic E-state index is 12.9. The predicted octanol–water partition coefficient (Wildman–Crippen LogP) is 13.3. The molecule has 0 saturated carbocycles. The van der Waals surface area contributed by atoms with E-state index in [-0.39, 0.29) is 19.1 Å². The molecule has 0 bridgehead atoms. The Hall–Kier alpha value is -1.02. The van der Waals surface area contributed by atoms with Gasteiger partial charge in [0.1, 0.15) is 13.2 Å². The first kappa shape index (κ1) is 55.0. The molecule has 56 heavy (non-hydrogen) atoms. The summed E-state index contributed by atoms with van der Waals surface area (Å²) in [5.74, 6) is -0.152. The highest BCUT2D eigenvalue weighted by Gasteiger charge is 2.28. The summed E-state index contributed by atoms with van der Waals surface area (Å²) in [4.78, 5) is 23.1. The van der Waals surface area contributed by atoms with E-state index in [1.807, 2.05) is 21.1 Å². The molecule has 332 valence electrons. The summed E-state index contributed by atoms with van der Waals surface area (Å²) < 4.78 is 23.6. The van der Waals surface area contributed by atoms with Gasteiger partial charge in [-0.25, -0.2) is 4.57 Å². The molecule has 3 unspecified atom stereocenters. The molecule has 0 spiro atoms. The van der Waals surface area contributed by atoms with E-state index in [0.717, 1.165) is 51.4 Å². The first-order chi connectivity index (χ1) is 27.0. The van der Waals surface area contributed by atoms with Crippen molar-refractivity contribution in [2.24, 2.45) is 0 Å². The maximum atomic E-state index is 12.9. The van der Waals surface area contributed by atoms with E-state index in [0.29, 0.717) is 23.9 Å². The second kappa shape index (κ2) is 39.4. The molecule has 8 nitrogen and oxygen atoms in total. The predicted molar refractivity (Wildman–Crippen MR) is 240 cm³/mol. The minimum Gasteiger partial charge on any atom is -0.391 e. The lowest BCUT2D eigenvalue weighted by Gasteiger charge is -2.26. The Labute approximate surface area is 347 Å². The lowest BCUT2D eigenvalue weighted by Crippen LogP contribution is -2.46. The van der Waals surface area contributed by atoms with Crippen molar-refractivity contribution in [3.05, 3.63) is 24.3 Å². The zero-order chi connectivity index (χ0) is 41.4. The Morgan fingerprint density at radius 2 is 1.02 bits per heavy atom. The van der Waals surface area contributed by atoms with Gasteiger partial charge in [-0.2, -0.15) is 0 Å². The molecule has 0 saturated heterocycles. The smallest absolute Gasteiger partial charge is 0.391 e. The number of phosphoric ester groups is 1. The molecule has 0 rings (SSSR count). The fourth-order valence-corrected chi connectivity index (χ4v) is 7.64. The summed E-state index contributed by atoms with van der Waals surface area (Å²) in [6.07, 6.45) is 46.4. The SMILES string of the molecule is CCCCCCCCCCC/C=C\C/C=C\CCCCCCCCCC(=O)NC(COP(=O)(O)OCC[N+](C)(C)C)C(O)CCCCCCCCCCCCC. The molecule has 0 heterocycles. The molecule has 1 amide bonds. The fourth-order valence-electron chi connectivity index (χ4n) is 6.90. The van der Waals surface area contributed by atoms with Crippen molar-refractivity contribution in [3.63, 3.8) is 0 Å². The van der Waals surface area contributed by atoms with Crippen molar-refractivity contribution in [1.29, 1.82) is 0 Å². The number of carbonyl (C=O) groups is 1. The molecule has 0 radical (unpaired) electrons. The van der Waals surface area contributed by atoms with Crippen LogP contribution in [-0.4, -0.2) is 73.4 Å². The number of likely N-dealkylation sites (N-methyl/N-ethyl adjacent to an activating group) is 1. The first-order valence-electron chi connectivity index (χ1n) is 23.7. The maximum Gasteiger partial charge on any atom is 0.472 e. The number of allylic oxidation sites excluding steroid dienone is 4. The number of amides is 1. The van der Waals surface area contributed by atoms with E-state index >= 15 is 0 Å². The van der Waals surface area contributed by atoms with E-state index in [2.05, 4.69) is 43.5 Å². The second-order valence-corrected chi connectivity index (χ2v) is 18.9. The molecule has 0 aromatic heterocycles. The topological polar surface area (TPSA) is 105 Å². The summed E-state index contributed by atoms with van der Waals surface area (Å²) in [5.41, 5.74) is 0. The Bertz CT molecular complexity index is 969. The highest BCUT2D eigenvalue weighted by molar-refractivity contribution is 7.47. The number of carbonyl (C=O) groups excluding carboxylic acids is 1. The van der Waals surface area contributed by atoms with Crippen molar-refractivity contribution in [3.8, 4) is 0 Å². The number of nitrogens with zero attached hydrogens (tertiary/aromatic N) is 1. The number of aliphatic hydroxyl groups is 1. The number of unbranched alkanes of at least 4 members (excludes halogenated alkanes) is 26. The third kappa shape index (κ3) is 41.2. The Morgan fingerprint density at radius 1 is 0.607 bits per heavy atom. The van der Waals surface area contributed by atoms with Crippen LogP contribution in [0.1, 0.15) is 219 Å². The van der Waals surface area contributed by atoms with Crippen LogP contribution >= 0.6 is 7.82 Å². The van der Waals surface area contributed by atoms with Gasteiger partial charge in [-0.05, 0) is 44.9 Å². The normalized spacial score (nSPS) is 14.5. The van der Waals surface area contributed by atoms with Gasteiger partial charge in [-0.3, -0.25) is 13.8 Å². The Kier molecular flexibility index (Phi) is 38.7. The van der Waals surface area contributed by atoms with Gasteiger partial charge in [-0.1, -0.05) is 192 Å². The Balaban J connectivity index is 4.23. The molecule has 0 aromatic rings. The summed E-state index contributed by atoms with van der Waals surface area (Å²) in [7, 11) is 1.61. The summed E-state index contributed by atoms with van der Waals surface area (Å²) >= 11 is 0. The van der Waals surface area contributed by atoms with Crippen molar-refractivity contribution in [2.75, 3.05) is 40.9 Å². The van der Waals surface area contributed by atoms with Gasteiger partial charge in [0.25, 0.3) is 0 Å². The van der Waals surface area contributed by atoms with E-state index in [4.69, 9.17) is 9.05 Å². The highest BCUT2D eigenvalue weighted by Crippen LogP contribution is 2.43. The molecule has 3 N–H and O–H groups in total. The largest absolute Gasteiger partial charge is 0.472 e. The number of aliphatic hydroxyl groups excluding tert-OH is 1. The molecule has 0 aliphatic rings. The van der Waals surface area contributed by atoms with E-state index < -0.39 is 20.0 Å². The third-order valence-electron chi connectivity index (χ3n) is 10.7. The van der Waals surface area contributed by atoms with Crippen molar-refractivity contribution in [1.82, 2.24) is 5.32 Å². The monoisotopic (exact) mass is 814 g/mol. The van der Waals surface area contributed by atoms with Crippen LogP contribution in [-0.2, 0) is 18.4 Å². The lowest BCUT2D eigenvalue weighted by molar-refractivity contribution is -0.870. The third-order valence-corrected chi connectivity index (χ3v) is 11.7. The number of hydrogen-bond acceptors (Lipinski definition) is 5. The molecule has 9 heteroatoms. The van der Waals surface area contributed by atoms with Gasteiger partial charge in [0.05, 0.1) is 39.9 Å². The number of rotatable bonds is 43. The molecule has 0 aliphatic heterocycles. The van der Waals surface area contributed by atoms with Crippen LogP contribution in [0.2, 0.25) is 0 Å². The van der Waals surface area contributed by atoms with E-state index in [1.165, 1.54) is 141 Å². The van der Waals surface area contributed by atoms with E-state index in [9.17, 15) is 19.4 Å². The van der Waals surface area contributed by atoms with Gasteiger partial charge in [0, 0.05) is 6.42 Å². The van der Waals surface area contributed by atoms with Crippen LogP contribution in [0, 0.1) is 0 Å². The summed E-state index contributed by atoms with van der Waals surface area (Å²) in [6.45, 7) is 4.88. The Morgan fingerprint density at radius 3 is 1.46 bits per heavy atom. The van der Waals surface area contributed by atoms with E-state index in [1.54, 1.807) is 0 Å². The fraction of sp³-hybridized carbons (Fsp3) is 0.894. The van der Waals surface area contributed by atoms with Crippen LogP contribution < -0.4 is 5.32 Å². The first-order valence-corrected chi connectivity index (χ1v) is 25.2. The molecular weight excluding hydrogens is 719 g/mol. The zero-order valence-electron chi connectivity index (χ0n) is 37.6. The van der Waals surface area contributed by atoms with Crippen molar-refractivity contribution in [2.45, 2.75) is 231 Å². The molecule has 0 aliphatic carbocycles. The number of quaternary nitrogens is 1. The van der Waals surface area contributed by atoms with Gasteiger partial charge in [0.2, 0.25) is 5.91 Å². The van der Waals surface area contributed by atoms with Crippen LogP contribution in [0.25, 0.3) is 0 Å². The minimum absolute atomic E-state index is 0.0734. The highest BCUT2D eigenvalue weighted by atomic mass is 31.2. The number of phosphoric acid groups is 1. The van der Waals surface area contributed by atoms with Gasteiger partial charge in [-0.15, -0.1) is 0 Å². The zero-order valence-corrected chi connectivity index (χ0v) is 38.5. The van der Waals surface area contributed by atoms with Gasteiger partial charge >= 0.3 is 7.82 Å². The minimum atomic E-state index is -4.31. The molecule has 0 fully saturated rings. The second-order valence-electron chi connectivity index (χ2n) is 17.5. The quantitative estimate of drug-likeness (QED) is 0.0245. The summed E-state index contributed by atoms with van der Waals surface area (Å²) in [6, 6.07) is -0.761. The van der Waals surface area contributed by atoms with Crippen LogP contribution in [0.4, 0.5) is 0 Å². The number of nitrogens with one attached hydrogen (secondary N) is 1.